The number of aromatic nitrogens is 1. The van der Waals surface area contributed by atoms with E-state index >= 15 is 0 Å². The molecule has 32 heavy (non-hydrogen) atoms. The molecule has 0 bridgehead atoms. The third-order valence-corrected chi connectivity index (χ3v) is 7.41. The summed E-state index contributed by atoms with van der Waals surface area (Å²) in [4.78, 5) is 33.9. The lowest BCUT2D eigenvalue weighted by atomic mass is 9.90. The number of furan rings is 1. The number of thioether (sulfide) groups is 1. The third-order valence-electron chi connectivity index (χ3n) is 6.41. The predicted molar refractivity (Wildman–Crippen MR) is 125 cm³/mol. The molecule has 2 aliphatic rings. The third kappa shape index (κ3) is 4.13. The molecule has 1 aliphatic heterocycles. The molecule has 1 aromatic carbocycles. The fraction of sp³-hybridized carbons (Fsp3) is 0.400. The van der Waals surface area contributed by atoms with Crippen LogP contribution in [-0.2, 0) is 17.6 Å². The number of fused-ring (bicyclic) bond motifs is 3. The number of rotatable bonds is 4. The van der Waals surface area contributed by atoms with Crippen LogP contribution in [0.5, 0.6) is 0 Å². The molecular weight excluding hydrogens is 422 g/mol. The Morgan fingerprint density at radius 2 is 1.78 bits per heavy atom. The maximum Gasteiger partial charge on any atom is 0.289 e. The predicted octanol–water partition coefficient (Wildman–Crippen LogP) is 4.09. The number of hydrogen-bond donors (Lipinski definition) is 0. The number of carbonyl (C=O) groups is 2. The van der Waals surface area contributed by atoms with Gasteiger partial charge >= 0.3 is 0 Å². The lowest BCUT2D eigenvalue weighted by Gasteiger charge is -2.34. The summed E-state index contributed by atoms with van der Waals surface area (Å²) >= 11 is 1.56. The van der Waals surface area contributed by atoms with E-state index in [1.54, 1.807) is 28.8 Å². The van der Waals surface area contributed by atoms with Gasteiger partial charge in [-0.25, -0.2) is 4.98 Å². The Morgan fingerprint density at radius 1 is 1.03 bits per heavy atom. The van der Waals surface area contributed by atoms with Crippen molar-refractivity contribution in [1.82, 2.24) is 14.8 Å². The molecule has 2 aromatic heterocycles. The Bertz CT molecular complexity index is 1150. The Balaban J connectivity index is 1.25. The summed E-state index contributed by atoms with van der Waals surface area (Å²) in [6, 6.07) is 9.89. The van der Waals surface area contributed by atoms with Gasteiger partial charge in [-0.05, 0) is 67.5 Å². The monoisotopic (exact) mass is 449 g/mol. The Kier molecular flexibility index (Phi) is 5.91. The van der Waals surface area contributed by atoms with Gasteiger partial charge in [0, 0.05) is 31.6 Å². The second-order valence-electron chi connectivity index (χ2n) is 8.54. The zero-order valence-electron chi connectivity index (χ0n) is 18.3. The number of amides is 2. The standard InChI is InChI=1S/C25H27N3O3S/c1-17-8-9-19-18-5-2-3-6-20(18)24(26-21(19)15-17)32-16-23(29)27-10-12-28(13-11-27)25(30)22-7-4-14-31-22/h4,7-9,14-15H,2-3,5-6,10-13,16H2,1H3. The molecule has 0 N–H and O–H groups in total. The molecule has 1 saturated heterocycles. The zero-order chi connectivity index (χ0) is 22.1. The molecule has 166 valence electrons. The van der Waals surface area contributed by atoms with Crippen LogP contribution in [0, 0.1) is 6.92 Å². The Hall–Kier alpha value is -2.80. The van der Waals surface area contributed by atoms with E-state index in [0.717, 1.165) is 23.4 Å². The highest BCUT2D eigenvalue weighted by Gasteiger charge is 2.26. The SMILES string of the molecule is Cc1ccc2c3c(c(SCC(=O)N4CCN(C(=O)c5ccco5)CC4)nc2c1)CCCC3. The van der Waals surface area contributed by atoms with Crippen molar-refractivity contribution in [2.45, 2.75) is 37.6 Å². The number of aryl methyl sites for hydroxylation is 2. The summed E-state index contributed by atoms with van der Waals surface area (Å²) in [6.45, 7) is 4.24. The van der Waals surface area contributed by atoms with Crippen molar-refractivity contribution in [3.05, 3.63) is 59.0 Å². The highest BCUT2D eigenvalue weighted by molar-refractivity contribution is 7.99. The van der Waals surface area contributed by atoms with E-state index in [1.807, 2.05) is 4.90 Å². The van der Waals surface area contributed by atoms with Gasteiger partial charge in [0.25, 0.3) is 5.91 Å². The first kappa shape index (κ1) is 21.1. The number of carbonyl (C=O) groups excluding carboxylic acids is 2. The van der Waals surface area contributed by atoms with Crippen LogP contribution in [0.2, 0.25) is 0 Å². The summed E-state index contributed by atoms with van der Waals surface area (Å²) in [7, 11) is 0. The second kappa shape index (κ2) is 8.98. The molecule has 1 fully saturated rings. The van der Waals surface area contributed by atoms with E-state index in [-0.39, 0.29) is 11.8 Å². The van der Waals surface area contributed by atoms with Gasteiger partial charge in [-0.1, -0.05) is 23.9 Å². The molecule has 3 aromatic rings. The minimum absolute atomic E-state index is 0.107. The average molecular weight is 450 g/mol. The maximum atomic E-state index is 12.9. The van der Waals surface area contributed by atoms with E-state index in [1.165, 1.54) is 41.2 Å². The number of hydrogen-bond acceptors (Lipinski definition) is 5. The number of nitrogens with zero attached hydrogens (tertiary/aromatic N) is 3. The first-order chi connectivity index (χ1) is 15.6. The van der Waals surface area contributed by atoms with Crippen molar-refractivity contribution in [2.24, 2.45) is 0 Å². The highest BCUT2D eigenvalue weighted by atomic mass is 32.2. The molecule has 0 radical (unpaired) electrons. The summed E-state index contributed by atoms with van der Waals surface area (Å²) < 4.78 is 5.21. The average Bonchev–Trinajstić information content (AvgIpc) is 3.37. The first-order valence-corrected chi connectivity index (χ1v) is 12.2. The summed E-state index contributed by atoms with van der Waals surface area (Å²) in [5.74, 6) is 0.723. The van der Waals surface area contributed by atoms with Gasteiger partial charge in [-0.15, -0.1) is 0 Å². The summed E-state index contributed by atoms with van der Waals surface area (Å²) in [6.07, 6.45) is 6.02. The van der Waals surface area contributed by atoms with Crippen molar-refractivity contribution >= 4 is 34.5 Å². The van der Waals surface area contributed by atoms with Crippen LogP contribution < -0.4 is 0 Å². The number of piperazine rings is 1. The van der Waals surface area contributed by atoms with Crippen molar-refractivity contribution in [2.75, 3.05) is 31.9 Å². The highest BCUT2D eigenvalue weighted by Crippen LogP contribution is 2.35. The first-order valence-electron chi connectivity index (χ1n) is 11.3. The number of pyridine rings is 1. The fourth-order valence-electron chi connectivity index (χ4n) is 4.66. The molecule has 2 amide bonds. The van der Waals surface area contributed by atoms with Gasteiger partial charge in [-0.3, -0.25) is 9.59 Å². The molecule has 3 heterocycles. The van der Waals surface area contributed by atoms with E-state index in [0.29, 0.717) is 37.7 Å². The smallest absolute Gasteiger partial charge is 0.289 e. The largest absolute Gasteiger partial charge is 0.459 e. The Labute approximate surface area is 192 Å². The number of benzene rings is 1. The zero-order valence-corrected chi connectivity index (χ0v) is 19.1. The summed E-state index contributed by atoms with van der Waals surface area (Å²) in [5.41, 5.74) is 4.99. The Morgan fingerprint density at radius 3 is 2.53 bits per heavy atom. The van der Waals surface area contributed by atoms with Gasteiger partial charge in [-0.2, -0.15) is 0 Å². The minimum Gasteiger partial charge on any atom is -0.459 e. The molecule has 0 saturated carbocycles. The maximum absolute atomic E-state index is 12.9. The summed E-state index contributed by atoms with van der Waals surface area (Å²) in [5, 5.41) is 2.27. The molecule has 0 spiro atoms. The van der Waals surface area contributed by atoms with Crippen molar-refractivity contribution in [3.63, 3.8) is 0 Å². The van der Waals surface area contributed by atoms with Gasteiger partial charge in [0.2, 0.25) is 5.91 Å². The van der Waals surface area contributed by atoms with E-state index in [9.17, 15) is 9.59 Å². The van der Waals surface area contributed by atoms with Crippen LogP contribution >= 0.6 is 11.8 Å². The quantitative estimate of drug-likeness (QED) is 0.561. The van der Waals surface area contributed by atoms with Crippen LogP contribution in [-0.4, -0.2) is 58.5 Å². The van der Waals surface area contributed by atoms with Crippen LogP contribution in [0.25, 0.3) is 10.9 Å². The normalized spacial score (nSPS) is 16.3. The molecule has 0 unspecified atom stereocenters. The molecule has 0 atom stereocenters. The minimum atomic E-state index is -0.112. The van der Waals surface area contributed by atoms with Crippen molar-refractivity contribution < 1.29 is 14.0 Å². The van der Waals surface area contributed by atoms with Crippen LogP contribution in [0.15, 0.2) is 46.0 Å². The second-order valence-corrected chi connectivity index (χ2v) is 9.50. The van der Waals surface area contributed by atoms with E-state index < -0.39 is 0 Å². The molecule has 7 heteroatoms. The van der Waals surface area contributed by atoms with Gasteiger partial charge in [0.15, 0.2) is 5.76 Å². The topological polar surface area (TPSA) is 66.7 Å². The molecule has 5 rings (SSSR count). The van der Waals surface area contributed by atoms with Gasteiger partial charge < -0.3 is 14.2 Å². The molecular formula is C25H27N3O3S. The van der Waals surface area contributed by atoms with Crippen molar-refractivity contribution in [1.29, 1.82) is 0 Å². The lowest BCUT2D eigenvalue weighted by Crippen LogP contribution is -2.51. The van der Waals surface area contributed by atoms with Gasteiger partial charge in [0.1, 0.15) is 5.03 Å². The fourth-order valence-corrected chi connectivity index (χ4v) is 5.67. The van der Waals surface area contributed by atoms with Crippen LogP contribution in [0.3, 0.4) is 0 Å². The molecule has 1 aliphatic carbocycles. The van der Waals surface area contributed by atoms with Crippen molar-refractivity contribution in [3.8, 4) is 0 Å². The van der Waals surface area contributed by atoms with E-state index in [2.05, 4.69) is 25.1 Å². The van der Waals surface area contributed by atoms with Gasteiger partial charge in [0.05, 0.1) is 17.5 Å². The van der Waals surface area contributed by atoms with Crippen LogP contribution in [0.1, 0.15) is 40.1 Å². The molecule has 6 nitrogen and oxygen atoms in total. The van der Waals surface area contributed by atoms with Crippen LogP contribution in [0.4, 0.5) is 0 Å². The van der Waals surface area contributed by atoms with E-state index in [4.69, 9.17) is 9.40 Å². The lowest BCUT2D eigenvalue weighted by molar-refractivity contribution is -0.129.